The van der Waals surface area contributed by atoms with Gasteiger partial charge in [-0.05, 0) is 69.3 Å². The van der Waals surface area contributed by atoms with Gasteiger partial charge in [-0.1, -0.05) is 109 Å². The predicted molar refractivity (Wildman–Crippen MR) is 184 cm³/mol. The molecule has 6 heteroatoms. The van der Waals surface area contributed by atoms with Crippen LogP contribution in [0.15, 0.2) is 133 Å². The lowest BCUT2D eigenvalue weighted by atomic mass is 9.49. The Morgan fingerprint density at radius 3 is 1.67 bits per heavy atom. The van der Waals surface area contributed by atoms with Crippen molar-refractivity contribution in [3.05, 3.63) is 139 Å². The summed E-state index contributed by atoms with van der Waals surface area (Å²) in [6.07, 6.45) is 4.58. The topological polar surface area (TPSA) is 74.8 Å². The third-order valence-corrected chi connectivity index (χ3v) is 11.6. The maximum Gasteiger partial charge on any atom is 0.238 e. The minimum atomic E-state index is -0.609. The van der Waals surface area contributed by atoms with E-state index in [9.17, 15) is 19.2 Å². The molecule has 232 valence electrons. The number of imide groups is 2. The summed E-state index contributed by atoms with van der Waals surface area (Å²) in [7, 11) is 0. The summed E-state index contributed by atoms with van der Waals surface area (Å²) in [6.45, 7) is 0. The number of nitrogens with zero attached hydrogens (tertiary/aromatic N) is 2. The van der Waals surface area contributed by atoms with E-state index in [1.165, 1.54) is 9.80 Å². The molecule has 6 aliphatic rings. The molecule has 1 saturated carbocycles. The maximum atomic E-state index is 14.6. The summed E-state index contributed by atoms with van der Waals surface area (Å²) in [5.41, 5.74) is 4.24. The second-order valence-electron chi connectivity index (χ2n) is 13.8. The first-order valence-corrected chi connectivity index (χ1v) is 16.7. The molecule has 2 aliphatic heterocycles. The van der Waals surface area contributed by atoms with Crippen molar-refractivity contribution >= 4 is 62.1 Å². The number of anilines is 2. The highest BCUT2D eigenvalue weighted by atomic mass is 16.2. The normalized spacial score (nSPS) is 28.9. The van der Waals surface area contributed by atoms with Crippen molar-refractivity contribution in [3.8, 4) is 0 Å². The number of benzene rings is 5. The van der Waals surface area contributed by atoms with E-state index in [0.717, 1.165) is 38.3 Å². The number of allylic oxidation sites excluding steroid dienone is 4. The standard InChI is InChI=1S/C42H30N2O4/c45-39-33-22-32(25-10-2-1-3-11-25)34-30-18-19-31(35(34)38(33)42(48)43(39)28-16-14-23-8-4-6-12-26(23)20-28)37-36(30)40(46)44(41(37)47)29-17-15-24-9-5-7-13-27(24)21-29/h1-21,30-31,33,35-38H,22H2/t30-,31-,33-,35-,36-,37+,38-/m1/s1. The molecule has 48 heavy (non-hydrogen) atoms. The monoisotopic (exact) mass is 626 g/mol. The minimum absolute atomic E-state index is 0.188. The van der Waals surface area contributed by atoms with Crippen LogP contribution in [0.2, 0.25) is 0 Å². The molecule has 2 bridgehead atoms. The van der Waals surface area contributed by atoms with Gasteiger partial charge in [0, 0.05) is 11.8 Å². The molecular weight excluding hydrogens is 596 g/mol. The van der Waals surface area contributed by atoms with Crippen LogP contribution >= 0.6 is 0 Å². The molecule has 0 N–H and O–H groups in total. The first-order valence-electron chi connectivity index (χ1n) is 16.7. The number of carbonyl (C=O) groups excluding carboxylic acids is 4. The van der Waals surface area contributed by atoms with Gasteiger partial charge in [-0.25, -0.2) is 4.90 Å². The second kappa shape index (κ2) is 9.94. The summed E-state index contributed by atoms with van der Waals surface area (Å²) in [5, 5.41) is 3.99. The Morgan fingerprint density at radius 1 is 0.479 bits per heavy atom. The van der Waals surface area contributed by atoms with Crippen LogP contribution in [0.4, 0.5) is 11.4 Å². The van der Waals surface area contributed by atoms with E-state index in [0.29, 0.717) is 17.8 Å². The number of fused-ring (bicyclic) bond motifs is 3. The molecule has 7 atom stereocenters. The average molecular weight is 627 g/mol. The Balaban J connectivity index is 1.11. The van der Waals surface area contributed by atoms with E-state index in [2.05, 4.69) is 24.3 Å². The Bertz CT molecular complexity index is 2320. The van der Waals surface area contributed by atoms with Crippen molar-refractivity contribution in [2.45, 2.75) is 6.42 Å². The van der Waals surface area contributed by atoms with Crippen LogP contribution in [0.25, 0.3) is 27.1 Å². The zero-order valence-electron chi connectivity index (χ0n) is 25.9. The summed E-state index contributed by atoms with van der Waals surface area (Å²) >= 11 is 0. The summed E-state index contributed by atoms with van der Waals surface area (Å²) in [4.78, 5) is 60.6. The van der Waals surface area contributed by atoms with Crippen LogP contribution < -0.4 is 9.80 Å². The first kappa shape index (κ1) is 27.5. The van der Waals surface area contributed by atoms with Gasteiger partial charge >= 0.3 is 0 Å². The number of rotatable bonds is 3. The van der Waals surface area contributed by atoms with Crippen molar-refractivity contribution < 1.29 is 19.2 Å². The maximum absolute atomic E-state index is 14.6. The predicted octanol–water partition coefficient (Wildman–Crippen LogP) is 7.19. The number of hydrogen-bond donors (Lipinski definition) is 0. The van der Waals surface area contributed by atoms with Crippen molar-refractivity contribution in [1.29, 1.82) is 0 Å². The minimum Gasteiger partial charge on any atom is -0.274 e. The molecule has 5 aromatic rings. The molecule has 11 rings (SSSR count). The van der Waals surface area contributed by atoms with Crippen molar-refractivity contribution in [1.82, 2.24) is 0 Å². The fourth-order valence-corrected chi connectivity index (χ4v) is 9.66. The van der Waals surface area contributed by atoms with Crippen molar-refractivity contribution in [2.75, 3.05) is 9.80 Å². The zero-order valence-corrected chi connectivity index (χ0v) is 25.9. The highest BCUT2D eigenvalue weighted by molar-refractivity contribution is 6.25. The Labute approximate surface area is 277 Å². The summed E-state index contributed by atoms with van der Waals surface area (Å²) in [6, 6.07) is 37.3. The lowest BCUT2D eigenvalue weighted by Gasteiger charge is -2.51. The highest BCUT2D eigenvalue weighted by Crippen LogP contribution is 2.63. The Kier molecular flexibility index (Phi) is 5.69. The lowest BCUT2D eigenvalue weighted by Crippen LogP contribution is -2.51. The third kappa shape index (κ3) is 3.63. The fourth-order valence-electron chi connectivity index (χ4n) is 9.66. The molecule has 5 aromatic carbocycles. The van der Waals surface area contributed by atoms with Gasteiger partial charge in [-0.15, -0.1) is 0 Å². The molecule has 4 amide bonds. The molecule has 0 radical (unpaired) electrons. The van der Waals surface area contributed by atoms with Gasteiger partial charge in [-0.3, -0.25) is 24.1 Å². The van der Waals surface area contributed by atoms with Crippen LogP contribution in [0.5, 0.6) is 0 Å². The smallest absolute Gasteiger partial charge is 0.238 e. The molecule has 0 aromatic heterocycles. The van der Waals surface area contributed by atoms with Crippen LogP contribution in [0.3, 0.4) is 0 Å². The van der Waals surface area contributed by atoms with Gasteiger partial charge in [0.1, 0.15) is 0 Å². The van der Waals surface area contributed by atoms with E-state index >= 15 is 0 Å². The molecule has 2 heterocycles. The van der Waals surface area contributed by atoms with Crippen LogP contribution in [0.1, 0.15) is 12.0 Å². The average Bonchev–Trinajstić information content (AvgIpc) is 3.56. The van der Waals surface area contributed by atoms with Gasteiger partial charge in [0.2, 0.25) is 23.6 Å². The summed E-state index contributed by atoms with van der Waals surface area (Å²) < 4.78 is 0. The molecule has 3 fully saturated rings. The lowest BCUT2D eigenvalue weighted by molar-refractivity contribution is -0.129. The van der Waals surface area contributed by atoms with Gasteiger partial charge in [0.05, 0.1) is 35.0 Å². The van der Waals surface area contributed by atoms with Gasteiger partial charge in [-0.2, -0.15) is 0 Å². The van der Waals surface area contributed by atoms with E-state index in [4.69, 9.17) is 0 Å². The van der Waals surface area contributed by atoms with E-state index in [1.54, 1.807) is 0 Å². The number of amides is 4. The molecule has 0 unspecified atom stereocenters. The molecule has 6 nitrogen and oxygen atoms in total. The Hall–Kier alpha value is -5.62. The van der Waals surface area contributed by atoms with Gasteiger partial charge < -0.3 is 0 Å². The van der Waals surface area contributed by atoms with Crippen LogP contribution in [-0.2, 0) is 19.2 Å². The number of hydrogen-bond acceptors (Lipinski definition) is 4. The van der Waals surface area contributed by atoms with Crippen molar-refractivity contribution in [3.63, 3.8) is 0 Å². The quantitative estimate of drug-likeness (QED) is 0.157. The molecule has 2 saturated heterocycles. The van der Waals surface area contributed by atoms with E-state index in [-0.39, 0.29) is 41.4 Å². The second-order valence-corrected chi connectivity index (χ2v) is 13.8. The zero-order chi connectivity index (χ0) is 32.3. The molecule has 0 spiro atoms. The third-order valence-electron chi connectivity index (χ3n) is 11.6. The van der Waals surface area contributed by atoms with Crippen LogP contribution in [0, 0.1) is 41.4 Å². The Morgan fingerprint density at radius 2 is 1.02 bits per heavy atom. The van der Waals surface area contributed by atoms with Crippen molar-refractivity contribution in [2.24, 2.45) is 41.4 Å². The first-order chi connectivity index (χ1) is 23.5. The summed E-state index contributed by atoms with van der Waals surface area (Å²) in [5.74, 6) is -4.19. The van der Waals surface area contributed by atoms with E-state index in [1.807, 2.05) is 103 Å². The highest BCUT2D eigenvalue weighted by Gasteiger charge is 2.67. The van der Waals surface area contributed by atoms with E-state index < -0.39 is 23.7 Å². The molecular formula is C42H30N2O4. The van der Waals surface area contributed by atoms with Gasteiger partial charge in [0.25, 0.3) is 0 Å². The SMILES string of the molecule is O=C1[C@H]2[C@@H]3C=C[C@H](C4=C(c5ccccc5)C[C@H]5C(=O)N(c6ccc7ccccc7c6)C(=O)[C@H]5[C@@H]43)[C@H]2C(=O)N1c1ccc2ccccc2c1. The largest absolute Gasteiger partial charge is 0.274 e. The van der Waals surface area contributed by atoms with Gasteiger partial charge in [0.15, 0.2) is 0 Å². The molecule has 4 aliphatic carbocycles. The number of carbonyl (C=O) groups is 4. The van der Waals surface area contributed by atoms with Crippen LogP contribution in [-0.4, -0.2) is 23.6 Å². The fraction of sp³-hybridized carbons (Fsp3) is 0.190.